The van der Waals surface area contributed by atoms with E-state index >= 15 is 0 Å². The van der Waals surface area contributed by atoms with E-state index < -0.39 is 5.97 Å². The fraction of sp³-hybridized carbons (Fsp3) is 0.571. The average Bonchev–Trinajstić information content (AvgIpc) is 1.84. The molecule has 0 unspecified atom stereocenters. The van der Waals surface area contributed by atoms with E-state index in [0.29, 0.717) is 5.03 Å². The van der Waals surface area contributed by atoms with Crippen LogP contribution in [-0.2, 0) is 4.79 Å². The molecule has 0 rings (SSSR count). The van der Waals surface area contributed by atoms with Gasteiger partial charge in [0.25, 0.3) is 0 Å². The number of hydrogen-bond acceptors (Lipinski definition) is 1. The minimum absolute atomic E-state index is 0.0952. The summed E-state index contributed by atoms with van der Waals surface area (Å²) in [7, 11) is 0. The molecule has 0 atom stereocenters. The molecule has 0 aliphatic rings. The Labute approximate surface area is 65.5 Å². The zero-order valence-corrected chi connectivity index (χ0v) is 7.07. The van der Waals surface area contributed by atoms with Gasteiger partial charge in [0, 0.05) is 10.6 Å². The Morgan fingerprint density at radius 2 is 1.90 bits per heavy atom. The van der Waals surface area contributed by atoms with Gasteiger partial charge in [0.2, 0.25) is 0 Å². The minimum Gasteiger partial charge on any atom is -0.478 e. The first-order valence-corrected chi connectivity index (χ1v) is 3.44. The van der Waals surface area contributed by atoms with Crippen molar-refractivity contribution in [3.63, 3.8) is 0 Å². The van der Waals surface area contributed by atoms with Gasteiger partial charge in [-0.1, -0.05) is 25.4 Å². The first-order chi connectivity index (χ1) is 4.46. The van der Waals surface area contributed by atoms with Crippen LogP contribution in [0.25, 0.3) is 0 Å². The highest BCUT2D eigenvalue weighted by molar-refractivity contribution is 6.31. The van der Waals surface area contributed by atoms with Crippen LogP contribution >= 0.6 is 11.6 Å². The van der Waals surface area contributed by atoms with Crippen molar-refractivity contribution in [2.24, 2.45) is 5.92 Å². The zero-order valence-electron chi connectivity index (χ0n) is 6.31. The fourth-order valence-electron chi connectivity index (χ4n) is 0.535. The molecule has 3 heteroatoms. The van der Waals surface area contributed by atoms with Crippen molar-refractivity contribution < 1.29 is 9.90 Å². The third-order valence-electron chi connectivity index (χ3n) is 1.19. The van der Waals surface area contributed by atoms with Gasteiger partial charge in [-0.15, -0.1) is 0 Å². The summed E-state index contributed by atoms with van der Waals surface area (Å²) in [5, 5.41) is 8.88. The Balaban J connectivity index is 4.50. The molecule has 0 aliphatic carbocycles. The average molecular weight is 163 g/mol. The van der Waals surface area contributed by atoms with Crippen LogP contribution in [0.3, 0.4) is 0 Å². The van der Waals surface area contributed by atoms with Gasteiger partial charge in [-0.3, -0.25) is 0 Å². The largest absolute Gasteiger partial charge is 0.478 e. The van der Waals surface area contributed by atoms with Crippen molar-refractivity contribution >= 4 is 17.6 Å². The first-order valence-electron chi connectivity index (χ1n) is 3.06. The number of rotatable bonds is 2. The summed E-state index contributed by atoms with van der Waals surface area (Å²) < 4.78 is 0. The van der Waals surface area contributed by atoms with E-state index in [1.807, 2.05) is 13.8 Å². The molecular weight excluding hydrogens is 152 g/mol. The predicted octanol–water partition coefficient (Wildman–Crippen LogP) is 2.24. The summed E-state index contributed by atoms with van der Waals surface area (Å²) in [5.74, 6) is -0.850. The van der Waals surface area contributed by atoms with Crippen molar-refractivity contribution in [1.29, 1.82) is 0 Å². The smallest absolute Gasteiger partial charge is 0.332 e. The normalized spacial score (nSPS) is 13.3. The van der Waals surface area contributed by atoms with Crippen molar-refractivity contribution in [3.05, 3.63) is 10.6 Å². The Morgan fingerprint density at radius 3 is 2.00 bits per heavy atom. The molecule has 10 heavy (non-hydrogen) atoms. The SMILES string of the molecule is C/C(C(=O)O)=C(/Cl)C(C)C. The maximum Gasteiger partial charge on any atom is 0.332 e. The lowest BCUT2D eigenvalue weighted by Crippen LogP contribution is -2.01. The summed E-state index contributed by atoms with van der Waals surface area (Å²) in [4.78, 5) is 10.3. The number of halogens is 1. The first kappa shape index (κ1) is 9.50. The molecular formula is C7H11ClO2. The standard InChI is InChI=1S/C7H11ClO2/c1-4(2)6(8)5(3)7(9)10/h4H,1-3H3,(H,9,10)/b6-5-. The Kier molecular flexibility index (Phi) is 3.43. The topological polar surface area (TPSA) is 37.3 Å². The van der Waals surface area contributed by atoms with E-state index in [1.165, 1.54) is 6.92 Å². The molecule has 0 fully saturated rings. The van der Waals surface area contributed by atoms with Crippen molar-refractivity contribution in [2.45, 2.75) is 20.8 Å². The lowest BCUT2D eigenvalue weighted by Gasteiger charge is -2.03. The van der Waals surface area contributed by atoms with Crippen LogP contribution in [0.5, 0.6) is 0 Å². The van der Waals surface area contributed by atoms with Gasteiger partial charge in [-0.05, 0) is 12.8 Å². The molecule has 0 heterocycles. The maximum absolute atomic E-state index is 10.3. The van der Waals surface area contributed by atoms with Gasteiger partial charge in [0.1, 0.15) is 0 Å². The fourth-order valence-corrected chi connectivity index (χ4v) is 0.616. The predicted molar refractivity (Wildman–Crippen MR) is 41.0 cm³/mol. The number of allylic oxidation sites excluding steroid dienone is 1. The highest BCUT2D eigenvalue weighted by Crippen LogP contribution is 2.18. The van der Waals surface area contributed by atoms with Crippen LogP contribution in [0.15, 0.2) is 10.6 Å². The van der Waals surface area contributed by atoms with Gasteiger partial charge in [-0.25, -0.2) is 4.79 Å². The molecule has 58 valence electrons. The monoisotopic (exact) mass is 162 g/mol. The molecule has 0 bridgehead atoms. The molecule has 0 aromatic rings. The van der Waals surface area contributed by atoms with Crippen LogP contribution in [0.4, 0.5) is 0 Å². The second kappa shape index (κ2) is 3.62. The van der Waals surface area contributed by atoms with Gasteiger partial charge in [0.05, 0.1) is 0 Å². The van der Waals surface area contributed by atoms with E-state index in [-0.39, 0.29) is 11.5 Å². The molecule has 2 nitrogen and oxygen atoms in total. The van der Waals surface area contributed by atoms with E-state index in [2.05, 4.69) is 0 Å². The minimum atomic E-state index is -0.946. The highest BCUT2D eigenvalue weighted by atomic mass is 35.5. The molecule has 0 amide bonds. The molecule has 0 aromatic heterocycles. The van der Waals surface area contributed by atoms with Crippen LogP contribution in [-0.4, -0.2) is 11.1 Å². The Morgan fingerprint density at radius 1 is 1.50 bits per heavy atom. The van der Waals surface area contributed by atoms with Gasteiger partial charge >= 0.3 is 5.97 Å². The second-order valence-corrected chi connectivity index (χ2v) is 2.84. The van der Waals surface area contributed by atoms with Gasteiger partial charge in [-0.2, -0.15) is 0 Å². The third kappa shape index (κ3) is 2.40. The number of carbonyl (C=O) groups is 1. The number of aliphatic carboxylic acids is 1. The molecule has 0 radical (unpaired) electrons. The second-order valence-electron chi connectivity index (χ2n) is 2.43. The lowest BCUT2D eigenvalue weighted by molar-refractivity contribution is -0.132. The van der Waals surface area contributed by atoms with Crippen LogP contribution in [0.1, 0.15) is 20.8 Å². The Bertz CT molecular complexity index is 170. The lowest BCUT2D eigenvalue weighted by atomic mass is 10.1. The van der Waals surface area contributed by atoms with Crippen LogP contribution in [0.2, 0.25) is 0 Å². The molecule has 0 spiro atoms. The molecule has 0 aromatic carbocycles. The number of hydrogen-bond donors (Lipinski definition) is 1. The quantitative estimate of drug-likeness (QED) is 0.633. The van der Waals surface area contributed by atoms with E-state index in [9.17, 15) is 4.79 Å². The van der Waals surface area contributed by atoms with E-state index in [4.69, 9.17) is 16.7 Å². The summed E-state index contributed by atoms with van der Waals surface area (Å²) >= 11 is 5.66. The molecule has 0 saturated carbocycles. The van der Waals surface area contributed by atoms with Gasteiger partial charge in [0.15, 0.2) is 0 Å². The van der Waals surface area contributed by atoms with E-state index in [1.54, 1.807) is 0 Å². The van der Waals surface area contributed by atoms with Crippen molar-refractivity contribution in [1.82, 2.24) is 0 Å². The number of carboxylic acid groups (broad SMARTS) is 1. The summed E-state index contributed by atoms with van der Waals surface area (Å²) in [6, 6.07) is 0. The zero-order chi connectivity index (χ0) is 8.31. The van der Waals surface area contributed by atoms with Crippen molar-refractivity contribution in [3.8, 4) is 0 Å². The summed E-state index contributed by atoms with van der Waals surface area (Å²) in [6.07, 6.45) is 0. The third-order valence-corrected chi connectivity index (χ3v) is 1.91. The Hall–Kier alpha value is -0.500. The van der Waals surface area contributed by atoms with Gasteiger partial charge < -0.3 is 5.11 Å². The number of carboxylic acids is 1. The van der Waals surface area contributed by atoms with Crippen molar-refractivity contribution in [2.75, 3.05) is 0 Å². The van der Waals surface area contributed by atoms with Crippen LogP contribution in [0, 0.1) is 5.92 Å². The summed E-state index contributed by atoms with van der Waals surface area (Å²) in [6.45, 7) is 5.22. The molecule has 0 saturated heterocycles. The molecule has 1 N–H and O–H groups in total. The molecule has 0 aliphatic heterocycles. The highest BCUT2D eigenvalue weighted by Gasteiger charge is 2.09. The maximum atomic E-state index is 10.3. The van der Waals surface area contributed by atoms with Crippen LogP contribution < -0.4 is 0 Å². The van der Waals surface area contributed by atoms with E-state index in [0.717, 1.165) is 0 Å². The summed E-state index contributed by atoms with van der Waals surface area (Å²) in [5.41, 5.74) is 0.233.